The number of carbonyl (C=O) groups excluding carboxylic acids is 1. The van der Waals surface area contributed by atoms with Crippen LogP contribution in [0.1, 0.15) is 16.2 Å². The Kier molecular flexibility index (Phi) is 2.62. The van der Waals surface area contributed by atoms with Crippen LogP contribution < -0.4 is 17.0 Å². The van der Waals surface area contributed by atoms with Gasteiger partial charge >= 0.3 is 12.1 Å². The lowest BCUT2D eigenvalue weighted by Crippen LogP contribution is -2.30. The molecule has 2 heterocycles. The van der Waals surface area contributed by atoms with E-state index in [1.54, 1.807) is 5.43 Å². The molecule has 0 radical (unpaired) electrons. The number of alkyl halides is 3. The molecular formula is C9H7F3N4O2. The van der Waals surface area contributed by atoms with Gasteiger partial charge in [0.05, 0.1) is 11.1 Å². The molecule has 2 aromatic rings. The quantitative estimate of drug-likeness (QED) is 0.403. The van der Waals surface area contributed by atoms with Crippen LogP contribution in [-0.4, -0.2) is 10.9 Å². The molecule has 0 bridgehead atoms. The Balaban J connectivity index is 2.62. The third-order valence-corrected chi connectivity index (χ3v) is 2.22. The number of hydrazine groups is 1. The Bertz CT molecular complexity index is 620. The summed E-state index contributed by atoms with van der Waals surface area (Å²) in [6.45, 7) is 0. The number of nitrogen functional groups attached to an aromatic ring is 2. The molecule has 5 N–H and O–H groups in total. The van der Waals surface area contributed by atoms with Gasteiger partial charge in [-0.15, -0.1) is 0 Å². The second-order valence-electron chi connectivity index (χ2n) is 3.37. The molecule has 1 amide bonds. The maximum atomic E-state index is 12.4. The Labute approximate surface area is 97.7 Å². The van der Waals surface area contributed by atoms with Gasteiger partial charge in [-0.05, 0) is 12.1 Å². The molecule has 18 heavy (non-hydrogen) atoms. The lowest BCUT2D eigenvalue weighted by molar-refractivity contribution is -0.141. The molecule has 9 heteroatoms. The van der Waals surface area contributed by atoms with Crippen molar-refractivity contribution in [1.82, 2.24) is 10.4 Å². The largest absolute Gasteiger partial charge is 0.433 e. The number of nitrogens with one attached hydrogen (secondary N) is 1. The van der Waals surface area contributed by atoms with Crippen molar-refractivity contribution in [2.45, 2.75) is 6.18 Å². The summed E-state index contributed by atoms with van der Waals surface area (Å²) in [5.74, 6) is 3.65. The third-order valence-electron chi connectivity index (χ3n) is 2.22. The zero-order chi connectivity index (χ0) is 13.5. The number of furan rings is 1. The number of nitrogens with two attached hydrogens (primary N) is 2. The van der Waals surface area contributed by atoms with Gasteiger partial charge in [0.2, 0.25) is 11.5 Å². The molecule has 0 aliphatic heterocycles. The zero-order valence-corrected chi connectivity index (χ0v) is 8.71. The molecule has 0 spiro atoms. The molecule has 0 unspecified atom stereocenters. The van der Waals surface area contributed by atoms with Crippen molar-refractivity contribution in [1.29, 1.82) is 0 Å². The second-order valence-corrected chi connectivity index (χ2v) is 3.37. The summed E-state index contributed by atoms with van der Waals surface area (Å²) < 4.78 is 42.1. The summed E-state index contributed by atoms with van der Waals surface area (Å²) >= 11 is 0. The van der Waals surface area contributed by atoms with Gasteiger partial charge in [-0.25, -0.2) is 10.8 Å². The van der Waals surface area contributed by atoms with Crippen molar-refractivity contribution in [2.24, 2.45) is 5.84 Å². The van der Waals surface area contributed by atoms with Crippen molar-refractivity contribution < 1.29 is 22.4 Å². The van der Waals surface area contributed by atoms with Crippen LogP contribution in [0.4, 0.5) is 18.9 Å². The van der Waals surface area contributed by atoms with E-state index in [-0.39, 0.29) is 22.5 Å². The Morgan fingerprint density at radius 2 is 2.06 bits per heavy atom. The Hall–Kier alpha value is -2.29. The number of nitrogens with zero attached hydrogens (tertiary/aromatic N) is 1. The number of fused-ring (bicyclic) bond motifs is 1. The standard InChI is InChI=1S/C9H7F3N4O2/c10-9(11,12)4-2-1-3-5(13)6(7(17)16-14)18-8(3)15-4/h1-2H,13-14H2,(H,16,17). The molecule has 0 saturated heterocycles. The monoisotopic (exact) mass is 260 g/mol. The Morgan fingerprint density at radius 1 is 1.39 bits per heavy atom. The van der Waals surface area contributed by atoms with E-state index in [0.717, 1.165) is 12.1 Å². The fourth-order valence-electron chi connectivity index (χ4n) is 1.39. The summed E-state index contributed by atoms with van der Waals surface area (Å²) in [7, 11) is 0. The number of hydrogen-bond donors (Lipinski definition) is 3. The van der Waals surface area contributed by atoms with Crippen LogP contribution in [0.2, 0.25) is 0 Å². The number of hydrogen-bond acceptors (Lipinski definition) is 5. The number of amides is 1. The number of halogens is 3. The van der Waals surface area contributed by atoms with Gasteiger partial charge in [0.15, 0.2) is 0 Å². The van der Waals surface area contributed by atoms with Crippen LogP contribution in [-0.2, 0) is 6.18 Å². The van der Waals surface area contributed by atoms with E-state index in [1.165, 1.54) is 0 Å². The average Bonchev–Trinajstić information content (AvgIpc) is 2.64. The van der Waals surface area contributed by atoms with Gasteiger partial charge in [0, 0.05) is 0 Å². The first-order valence-electron chi connectivity index (χ1n) is 4.61. The van der Waals surface area contributed by atoms with E-state index in [1.807, 2.05) is 0 Å². The van der Waals surface area contributed by atoms with Crippen molar-refractivity contribution in [2.75, 3.05) is 5.73 Å². The summed E-state index contributed by atoms with van der Waals surface area (Å²) in [5, 5.41) is 0.113. The van der Waals surface area contributed by atoms with Gasteiger partial charge in [-0.1, -0.05) is 0 Å². The second kappa shape index (κ2) is 3.88. The van der Waals surface area contributed by atoms with E-state index < -0.39 is 17.8 Å². The SMILES string of the molecule is NNC(=O)c1oc2nc(C(F)(F)F)ccc2c1N. The number of rotatable bonds is 1. The maximum Gasteiger partial charge on any atom is 0.433 e. The van der Waals surface area contributed by atoms with Gasteiger partial charge in [-0.2, -0.15) is 13.2 Å². The lowest BCUT2D eigenvalue weighted by atomic mass is 10.2. The maximum absolute atomic E-state index is 12.4. The molecule has 0 aromatic carbocycles. The first-order chi connectivity index (χ1) is 8.34. The van der Waals surface area contributed by atoms with Gasteiger partial charge < -0.3 is 10.2 Å². The van der Waals surface area contributed by atoms with E-state index >= 15 is 0 Å². The minimum Gasteiger partial charge on any atom is -0.430 e. The average molecular weight is 260 g/mol. The molecule has 0 aliphatic rings. The first-order valence-corrected chi connectivity index (χ1v) is 4.61. The molecule has 6 nitrogen and oxygen atoms in total. The number of carbonyl (C=O) groups is 1. The molecule has 0 saturated carbocycles. The normalized spacial score (nSPS) is 11.8. The number of anilines is 1. The molecule has 2 rings (SSSR count). The number of aromatic nitrogens is 1. The minimum atomic E-state index is -4.61. The molecular weight excluding hydrogens is 253 g/mol. The first kappa shape index (κ1) is 12.2. The molecule has 0 atom stereocenters. The molecule has 2 aromatic heterocycles. The summed E-state index contributed by atoms with van der Waals surface area (Å²) in [6.07, 6.45) is -4.61. The highest BCUT2D eigenvalue weighted by atomic mass is 19.4. The predicted molar refractivity (Wildman–Crippen MR) is 55.1 cm³/mol. The topological polar surface area (TPSA) is 107 Å². The third kappa shape index (κ3) is 1.84. The zero-order valence-electron chi connectivity index (χ0n) is 8.71. The highest BCUT2D eigenvalue weighted by Gasteiger charge is 2.33. The minimum absolute atomic E-state index is 0.113. The van der Waals surface area contributed by atoms with Crippen LogP contribution >= 0.6 is 0 Å². The smallest absolute Gasteiger partial charge is 0.430 e. The summed E-state index contributed by atoms with van der Waals surface area (Å²) in [5.41, 5.74) is 5.68. The van der Waals surface area contributed by atoms with Crippen molar-refractivity contribution in [3.8, 4) is 0 Å². The van der Waals surface area contributed by atoms with Crippen LogP contribution in [0.25, 0.3) is 11.1 Å². The fourth-order valence-corrected chi connectivity index (χ4v) is 1.39. The van der Waals surface area contributed by atoms with Gasteiger partial charge in [0.1, 0.15) is 5.69 Å². The lowest BCUT2D eigenvalue weighted by Gasteiger charge is -2.03. The van der Waals surface area contributed by atoms with Crippen molar-refractivity contribution in [3.05, 3.63) is 23.6 Å². The molecule has 0 aliphatic carbocycles. The van der Waals surface area contributed by atoms with Crippen molar-refractivity contribution >= 4 is 22.7 Å². The predicted octanol–water partition coefficient (Wildman–Crippen LogP) is 1.03. The van der Waals surface area contributed by atoms with E-state index in [9.17, 15) is 18.0 Å². The number of pyridine rings is 1. The van der Waals surface area contributed by atoms with Crippen molar-refractivity contribution in [3.63, 3.8) is 0 Å². The highest BCUT2D eigenvalue weighted by Crippen LogP contribution is 2.32. The van der Waals surface area contributed by atoms with E-state index in [0.29, 0.717) is 0 Å². The Morgan fingerprint density at radius 3 is 2.61 bits per heavy atom. The van der Waals surface area contributed by atoms with Crippen LogP contribution in [0.3, 0.4) is 0 Å². The molecule has 0 fully saturated rings. The van der Waals surface area contributed by atoms with E-state index in [4.69, 9.17) is 16.0 Å². The summed E-state index contributed by atoms with van der Waals surface area (Å²) in [6, 6.07) is 1.83. The fraction of sp³-hybridized carbons (Fsp3) is 0.111. The van der Waals surface area contributed by atoms with Gasteiger partial charge in [0.25, 0.3) is 0 Å². The van der Waals surface area contributed by atoms with Crippen LogP contribution in [0, 0.1) is 0 Å². The van der Waals surface area contributed by atoms with Crippen LogP contribution in [0.5, 0.6) is 0 Å². The highest BCUT2D eigenvalue weighted by molar-refractivity contribution is 6.04. The van der Waals surface area contributed by atoms with E-state index in [2.05, 4.69) is 4.98 Å². The van der Waals surface area contributed by atoms with Crippen LogP contribution in [0.15, 0.2) is 16.5 Å². The molecule has 96 valence electrons. The summed E-state index contributed by atoms with van der Waals surface area (Å²) in [4.78, 5) is 14.5. The van der Waals surface area contributed by atoms with Gasteiger partial charge in [-0.3, -0.25) is 10.2 Å².